The largest absolute Gasteiger partial charge is 0.343 e. The molecule has 2 aliphatic heterocycles. The Morgan fingerprint density at radius 2 is 1.88 bits per heavy atom. The number of hydrogen-bond acceptors (Lipinski definition) is 4. The summed E-state index contributed by atoms with van der Waals surface area (Å²) in [5.74, 6) is 1.03. The van der Waals surface area contributed by atoms with Crippen LogP contribution in [0.15, 0.2) is 24.3 Å². The number of thioether (sulfide) groups is 1. The van der Waals surface area contributed by atoms with Gasteiger partial charge in [-0.05, 0) is 37.1 Å². The molecule has 2 saturated heterocycles. The maximum atomic E-state index is 12.3. The summed E-state index contributed by atoms with van der Waals surface area (Å²) in [5.41, 5.74) is 1.26. The Labute approximate surface area is 145 Å². The lowest BCUT2D eigenvalue weighted by molar-refractivity contribution is -0.125. The molecule has 128 valence electrons. The van der Waals surface area contributed by atoms with E-state index in [1.54, 1.807) is 36.0 Å². The Morgan fingerprint density at radius 1 is 1.17 bits per heavy atom. The number of carbonyl (C=O) groups excluding carboxylic acids is 3. The van der Waals surface area contributed by atoms with Gasteiger partial charge >= 0.3 is 0 Å². The van der Waals surface area contributed by atoms with Crippen molar-refractivity contribution >= 4 is 35.2 Å². The van der Waals surface area contributed by atoms with Gasteiger partial charge in [0.25, 0.3) is 5.91 Å². The van der Waals surface area contributed by atoms with E-state index in [4.69, 9.17) is 0 Å². The molecule has 0 unspecified atom stereocenters. The first-order valence-electron chi connectivity index (χ1n) is 8.21. The molecule has 0 aromatic heterocycles. The molecule has 6 nitrogen and oxygen atoms in total. The normalized spacial score (nSPS) is 21.1. The topological polar surface area (TPSA) is 78.5 Å². The molecule has 7 heteroatoms. The molecule has 1 atom stereocenters. The predicted molar refractivity (Wildman–Crippen MR) is 94.1 cm³/mol. The number of anilines is 1. The van der Waals surface area contributed by atoms with Crippen LogP contribution in [-0.2, 0) is 9.59 Å². The second kappa shape index (κ2) is 7.70. The van der Waals surface area contributed by atoms with Crippen molar-refractivity contribution in [3.63, 3.8) is 0 Å². The summed E-state index contributed by atoms with van der Waals surface area (Å²) < 4.78 is 0. The zero-order valence-electron chi connectivity index (χ0n) is 13.4. The number of rotatable bonds is 3. The van der Waals surface area contributed by atoms with Crippen molar-refractivity contribution in [2.75, 3.05) is 29.9 Å². The average Bonchev–Trinajstić information content (AvgIpc) is 3.03. The standard InChI is InChI=1S/C17H21N3O3S/c21-15-7-10-24-11-14(19-15)16(22)18-13-5-3-12(4-6-13)17(23)20-8-1-2-9-20/h3-6,14H,1-2,7-11H2,(H,18,22)(H,19,21)/t14-/m0/s1. The van der Waals surface area contributed by atoms with Gasteiger partial charge in [-0.3, -0.25) is 14.4 Å². The number of nitrogens with one attached hydrogen (secondary N) is 2. The van der Waals surface area contributed by atoms with Crippen LogP contribution in [0, 0.1) is 0 Å². The molecule has 0 bridgehead atoms. The fourth-order valence-electron chi connectivity index (χ4n) is 2.84. The highest BCUT2D eigenvalue weighted by atomic mass is 32.2. The molecular formula is C17H21N3O3S. The van der Waals surface area contributed by atoms with E-state index in [9.17, 15) is 14.4 Å². The van der Waals surface area contributed by atoms with Gasteiger partial charge in [-0.1, -0.05) is 0 Å². The molecule has 0 spiro atoms. The van der Waals surface area contributed by atoms with Crippen molar-refractivity contribution in [3.8, 4) is 0 Å². The van der Waals surface area contributed by atoms with Crippen LogP contribution in [0.2, 0.25) is 0 Å². The molecule has 3 amide bonds. The van der Waals surface area contributed by atoms with E-state index < -0.39 is 6.04 Å². The fourth-order valence-corrected chi connectivity index (χ4v) is 3.81. The molecule has 2 heterocycles. The van der Waals surface area contributed by atoms with Gasteiger partial charge in [0.2, 0.25) is 11.8 Å². The van der Waals surface area contributed by atoms with Gasteiger partial charge in [0.1, 0.15) is 6.04 Å². The second-order valence-corrected chi connectivity index (χ2v) is 7.16. The first kappa shape index (κ1) is 16.8. The molecule has 1 aromatic rings. The van der Waals surface area contributed by atoms with Crippen LogP contribution in [0.5, 0.6) is 0 Å². The van der Waals surface area contributed by atoms with Crippen LogP contribution < -0.4 is 10.6 Å². The van der Waals surface area contributed by atoms with Crippen LogP contribution in [0.4, 0.5) is 5.69 Å². The summed E-state index contributed by atoms with van der Waals surface area (Å²) in [4.78, 5) is 38.0. The minimum Gasteiger partial charge on any atom is -0.343 e. The second-order valence-electron chi connectivity index (χ2n) is 6.01. The van der Waals surface area contributed by atoms with Gasteiger partial charge in [0.15, 0.2) is 0 Å². The van der Waals surface area contributed by atoms with Crippen LogP contribution in [0.1, 0.15) is 29.6 Å². The van der Waals surface area contributed by atoms with Gasteiger partial charge in [-0.2, -0.15) is 11.8 Å². The van der Waals surface area contributed by atoms with E-state index in [1.807, 2.05) is 4.90 Å². The lowest BCUT2D eigenvalue weighted by atomic mass is 10.1. The third kappa shape index (κ3) is 4.08. The number of nitrogens with zero attached hydrogens (tertiary/aromatic N) is 1. The number of carbonyl (C=O) groups is 3. The van der Waals surface area contributed by atoms with Gasteiger partial charge in [0, 0.05) is 42.3 Å². The first-order valence-corrected chi connectivity index (χ1v) is 9.36. The highest BCUT2D eigenvalue weighted by Crippen LogP contribution is 2.16. The monoisotopic (exact) mass is 347 g/mol. The van der Waals surface area contributed by atoms with Crippen molar-refractivity contribution in [3.05, 3.63) is 29.8 Å². The minimum atomic E-state index is -0.518. The maximum Gasteiger partial charge on any atom is 0.253 e. The molecule has 0 saturated carbocycles. The lowest BCUT2D eigenvalue weighted by Gasteiger charge is -2.17. The Balaban J connectivity index is 1.60. The third-order valence-electron chi connectivity index (χ3n) is 4.20. The zero-order valence-corrected chi connectivity index (χ0v) is 14.2. The van der Waals surface area contributed by atoms with E-state index in [1.165, 1.54) is 0 Å². The van der Waals surface area contributed by atoms with Crippen molar-refractivity contribution in [2.24, 2.45) is 0 Å². The first-order chi connectivity index (χ1) is 11.6. The molecule has 24 heavy (non-hydrogen) atoms. The van der Waals surface area contributed by atoms with E-state index in [2.05, 4.69) is 10.6 Å². The minimum absolute atomic E-state index is 0.0396. The summed E-state index contributed by atoms with van der Waals surface area (Å²) in [6.45, 7) is 1.63. The van der Waals surface area contributed by atoms with Gasteiger partial charge in [-0.15, -0.1) is 0 Å². The Bertz CT molecular complexity index is 626. The Morgan fingerprint density at radius 3 is 2.58 bits per heavy atom. The Kier molecular flexibility index (Phi) is 5.40. The predicted octanol–water partition coefficient (Wildman–Crippen LogP) is 1.48. The number of hydrogen-bond donors (Lipinski definition) is 2. The fraction of sp³-hybridized carbons (Fsp3) is 0.471. The van der Waals surface area contributed by atoms with Gasteiger partial charge < -0.3 is 15.5 Å². The van der Waals surface area contributed by atoms with Crippen molar-refractivity contribution < 1.29 is 14.4 Å². The SMILES string of the molecule is O=C1CCSC[C@@H](C(=O)Nc2ccc(C(=O)N3CCCC3)cc2)N1. The summed E-state index contributed by atoms with van der Waals surface area (Å²) in [5, 5.41) is 5.54. The van der Waals surface area contributed by atoms with Crippen molar-refractivity contribution in [1.29, 1.82) is 0 Å². The Hall–Kier alpha value is -2.02. The van der Waals surface area contributed by atoms with Gasteiger partial charge in [0.05, 0.1) is 0 Å². The van der Waals surface area contributed by atoms with E-state index in [0.717, 1.165) is 31.7 Å². The zero-order chi connectivity index (χ0) is 16.9. The number of benzene rings is 1. The van der Waals surface area contributed by atoms with E-state index in [-0.39, 0.29) is 17.7 Å². The highest BCUT2D eigenvalue weighted by molar-refractivity contribution is 7.99. The molecule has 2 aliphatic rings. The molecule has 2 N–H and O–H groups in total. The van der Waals surface area contributed by atoms with E-state index >= 15 is 0 Å². The molecule has 0 radical (unpaired) electrons. The lowest BCUT2D eigenvalue weighted by Crippen LogP contribution is -2.44. The summed E-state index contributed by atoms with van der Waals surface area (Å²) in [6, 6.07) is 6.41. The average molecular weight is 347 g/mol. The smallest absolute Gasteiger partial charge is 0.253 e. The van der Waals surface area contributed by atoms with Crippen LogP contribution in [0.25, 0.3) is 0 Å². The molecule has 3 rings (SSSR count). The molecule has 2 fully saturated rings. The third-order valence-corrected chi connectivity index (χ3v) is 5.26. The van der Waals surface area contributed by atoms with Crippen LogP contribution >= 0.6 is 11.8 Å². The van der Waals surface area contributed by atoms with Crippen LogP contribution in [0.3, 0.4) is 0 Å². The summed E-state index contributed by atoms with van der Waals surface area (Å²) in [6.07, 6.45) is 2.57. The quantitative estimate of drug-likeness (QED) is 0.868. The van der Waals surface area contributed by atoms with E-state index in [0.29, 0.717) is 23.4 Å². The number of likely N-dealkylation sites (tertiary alicyclic amines) is 1. The van der Waals surface area contributed by atoms with Gasteiger partial charge in [-0.25, -0.2) is 0 Å². The van der Waals surface area contributed by atoms with Crippen LogP contribution in [-0.4, -0.2) is 53.3 Å². The molecule has 1 aromatic carbocycles. The highest BCUT2D eigenvalue weighted by Gasteiger charge is 2.24. The molecule has 0 aliphatic carbocycles. The maximum absolute atomic E-state index is 12.3. The van der Waals surface area contributed by atoms with Crippen molar-refractivity contribution in [2.45, 2.75) is 25.3 Å². The summed E-state index contributed by atoms with van der Waals surface area (Å²) in [7, 11) is 0. The molecular weight excluding hydrogens is 326 g/mol. The number of amides is 3. The summed E-state index contributed by atoms with van der Waals surface area (Å²) >= 11 is 1.59. The van der Waals surface area contributed by atoms with Crippen molar-refractivity contribution in [1.82, 2.24) is 10.2 Å².